The van der Waals surface area contributed by atoms with Gasteiger partial charge in [-0.1, -0.05) is 0 Å². The highest BCUT2D eigenvalue weighted by Crippen LogP contribution is 2.30. The molecular formula is C11H8F3NO3. The van der Waals surface area contributed by atoms with E-state index in [1.54, 1.807) is 6.07 Å². The Morgan fingerprint density at radius 3 is 2.56 bits per heavy atom. The molecule has 96 valence electrons. The number of benzene rings is 1. The van der Waals surface area contributed by atoms with Crippen molar-refractivity contribution in [3.8, 4) is 11.8 Å². The molecule has 0 fully saturated rings. The van der Waals surface area contributed by atoms with Crippen molar-refractivity contribution < 1.29 is 27.8 Å². The van der Waals surface area contributed by atoms with Crippen LogP contribution in [0.3, 0.4) is 0 Å². The number of nitriles is 1. The zero-order valence-corrected chi connectivity index (χ0v) is 9.21. The maximum Gasteiger partial charge on any atom is 0.573 e. The van der Waals surface area contributed by atoms with Crippen LogP contribution in [0.1, 0.15) is 16.7 Å². The quantitative estimate of drug-likeness (QED) is 0.904. The molecule has 0 spiro atoms. The first-order valence-electron chi connectivity index (χ1n) is 4.74. The SMILES string of the molecule is Cc1cc(C#N)c(CC(=O)O)c(OC(F)(F)F)c1. The maximum atomic E-state index is 12.2. The Bertz CT molecular complexity index is 517. The molecule has 0 radical (unpaired) electrons. The van der Waals surface area contributed by atoms with Crippen LogP contribution in [0.5, 0.6) is 5.75 Å². The fourth-order valence-corrected chi connectivity index (χ4v) is 1.43. The number of hydrogen-bond donors (Lipinski definition) is 1. The Labute approximate surface area is 100 Å². The molecule has 1 N–H and O–H groups in total. The number of aliphatic carboxylic acids is 1. The summed E-state index contributed by atoms with van der Waals surface area (Å²) in [5.41, 5.74) is -0.0514. The van der Waals surface area contributed by atoms with Gasteiger partial charge in [0.15, 0.2) is 0 Å². The third kappa shape index (κ3) is 3.66. The summed E-state index contributed by atoms with van der Waals surface area (Å²) in [6, 6.07) is 4.01. The van der Waals surface area contributed by atoms with E-state index < -0.39 is 24.5 Å². The van der Waals surface area contributed by atoms with Crippen molar-refractivity contribution >= 4 is 5.97 Å². The highest BCUT2D eigenvalue weighted by atomic mass is 19.4. The second-order valence-corrected chi connectivity index (χ2v) is 3.52. The van der Waals surface area contributed by atoms with Gasteiger partial charge in [-0.05, 0) is 24.6 Å². The summed E-state index contributed by atoms with van der Waals surface area (Å²) in [6.07, 6.45) is -5.65. The van der Waals surface area contributed by atoms with Gasteiger partial charge in [0, 0.05) is 5.56 Å². The topological polar surface area (TPSA) is 70.3 Å². The standard InChI is InChI=1S/C11H8F3NO3/c1-6-2-7(5-15)8(4-10(16)17)9(3-6)18-11(12,13)14/h2-3H,4H2,1H3,(H,16,17). The van der Waals surface area contributed by atoms with Gasteiger partial charge in [0.2, 0.25) is 0 Å². The predicted octanol–water partition coefficient (Wildman–Crippen LogP) is 2.39. The number of ether oxygens (including phenoxy) is 1. The molecule has 1 aromatic rings. The van der Waals surface area contributed by atoms with Gasteiger partial charge < -0.3 is 9.84 Å². The van der Waals surface area contributed by atoms with Gasteiger partial charge in [0.05, 0.1) is 18.1 Å². The minimum Gasteiger partial charge on any atom is -0.481 e. The van der Waals surface area contributed by atoms with E-state index in [9.17, 15) is 18.0 Å². The summed E-state index contributed by atoms with van der Waals surface area (Å²) in [5.74, 6) is -2.00. The number of carboxylic acids is 1. The number of aryl methyl sites for hydroxylation is 1. The summed E-state index contributed by atoms with van der Waals surface area (Å²) in [5, 5.41) is 17.4. The van der Waals surface area contributed by atoms with Gasteiger partial charge >= 0.3 is 12.3 Å². The Kier molecular flexibility index (Phi) is 3.81. The third-order valence-corrected chi connectivity index (χ3v) is 2.03. The molecule has 0 saturated heterocycles. The number of carboxylic acid groups (broad SMARTS) is 1. The summed E-state index contributed by atoms with van der Waals surface area (Å²) >= 11 is 0. The van der Waals surface area contributed by atoms with Gasteiger partial charge in [-0.25, -0.2) is 0 Å². The first kappa shape index (κ1) is 13.8. The summed E-state index contributed by atoms with van der Waals surface area (Å²) in [4.78, 5) is 10.6. The van der Waals surface area contributed by atoms with Crippen LogP contribution in [-0.2, 0) is 11.2 Å². The smallest absolute Gasteiger partial charge is 0.481 e. The molecule has 1 aromatic carbocycles. The molecule has 18 heavy (non-hydrogen) atoms. The number of hydrogen-bond acceptors (Lipinski definition) is 3. The van der Waals surface area contributed by atoms with Crippen molar-refractivity contribution in [2.24, 2.45) is 0 Å². The number of carbonyl (C=O) groups is 1. The lowest BCUT2D eigenvalue weighted by Gasteiger charge is -2.14. The largest absolute Gasteiger partial charge is 0.573 e. The number of halogens is 3. The van der Waals surface area contributed by atoms with E-state index in [4.69, 9.17) is 10.4 Å². The number of nitrogens with zero attached hydrogens (tertiary/aromatic N) is 1. The molecule has 7 heteroatoms. The van der Waals surface area contributed by atoms with Crippen LogP contribution in [0.2, 0.25) is 0 Å². The lowest BCUT2D eigenvalue weighted by molar-refractivity contribution is -0.275. The van der Waals surface area contributed by atoms with Crippen LogP contribution in [0.25, 0.3) is 0 Å². The number of alkyl halides is 3. The van der Waals surface area contributed by atoms with Crippen molar-refractivity contribution in [2.45, 2.75) is 19.7 Å². The highest BCUT2D eigenvalue weighted by molar-refractivity contribution is 5.73. The van der Waals surface area contributed by atoms with E-state index in [0.717, 1.165) is 6.07 Å². The van der Waals surface area contributed by atoms with Crippen LogP contribution >= 0.6 is 0 Å². The minimum atomic E-state index is -4.94. The molecule has 0 amide bonds. The fraction of sp³-hybridized carbons (Fsp3) is 0.273. The van der Waals surface area contributed by atoms with Gasteiger partial charge in [0.1, 0.15) is 5.75 Å². The molecule has 0 unspecified atom stereocenters. The van der Waals surface area contributed by atoms with Gasteiger partial charge in [-0.15, -0.1) is 13.2 Å². The van der Waals surface area contributed by atoms with Crippen molar-refractivity contribution in [3.05, 3.63) is 28.8 Å². The van der Waals surface area contributed by atoms with Gasteiger partial charge in [-0.2, -0.15) is 5.26 Å². The molecular weight excluding hydrogens is 251 g/mol. The minimum absolute atomic E-state index is 0.142. The Hall–Kier alpha value is -2.23. The molecule has 0 aromatic heterocycles. The summed E-state index contributed by atoms with van der Waals surface area (Å²) in [7, 11) is 0. The lowest BCUT2D eigenvalue weighted by Crippen LogP contribution is -2.19. The molecule has 1 rings (SSSR count). The van der Waals surface area contributed by atoms with E-state index in [2.05, 4.69) is 4.74 Å². The number of rotatable bonds is 3. The molecule has 0 heterocycles. The van der Waals surface area contributed by atoms with E-state index in [0.29, 0.717) is 5.56 Å². The van der Waals surface area contributed by atoms with E-state index in [-0.39, 0.29) is 11.1 Å². The monoisotopic (exact) mass is 259 g/mol. The second-order valence-electron chi connectivity index (χ2n) is 3.52. The van der Waals surface area contributed by atoms with Crippen LogP contribution in [0.15, 0.2) is 12.1 Å². The molecule has 0 aliphatic rings. The first-order chi connectivity index (χ1) is 8.23. The first-order valence-corrected chi connectivity index (χ1v) is 4.74. The molecule has 0 aliphatic carbocycles. The predicted molar refractivity (Wildman–Crippen MR) is 53.9 cm³/mol. The Morgan fingerprint density at radius 2 is 2.11 bits per heavy atom. The summed E-state index contributed by atoms with van der Waals surface area (Å²) < 4.78 is 40.3. The van der Waals surface area contributed by atoms with Crippen LogP contribution in [-0.4, -0.2) is 17.4 Å². The lowest BCUT2D eigenvalue weighted by atomic mass is 10.0. The van der Waals surface area contributed by atoms with Gasteiger partial charge in [-0.3, -0.25) is 4.79 Å². The zero-order chi connectivity index (χ0) is 13.9. The maximum absolute atomic E-state index is 12.2. The van der Waals surface area contributed by atoms with Crippen molar-refractivity contribution in [1.29, 1.82) is 5.26 Å². The molecule has 0 atom stereocenters. The molecule has 0 saturated carbocycles. The van der Waals surface area contributed by atoms with Crippen LogP contribution < -0.4 is 4.74 Å². The van der Waals surface area contributed by atoms with E-state index in [1.807, 2.05) is 0 Å². The summed E-state index contributed by atoms with van der Waals surface area (Å²) in [6.45, 7) is 1.48. The van der Waals surface area contributed by atoms with E-state index >= 15 is 0 Å². The normalized spacial score (nSPS) is 10.8. The average molecular weight is 259 g/mol. The highest BCUT2D eigenvalue weighted by Gasteiger charge is 2.33. The van der Waals surface area contributed by atoms with Crippen molar-refractivity contribution in [1.82, 2.24) is 0 Å². The van der Waals surface area contributed by atoms with Crippen LogP contribution in [0, 0.1) is 18.3 Å². The van der Waals surface area contributed by atoms with Crippen molar-refractivity contribution in [2.75, 3.05) is 0 Å². The molecule has 4 nitrogen and oxygen atoms in total. The van der Waals surface area contributed by atoms with Gasteiger partial charge in [0.25, 0.3) is 0 Å². The fourth-order valence-electron chi connectivity index (χ4n) is 1.43. The average Bonchev–Trinajstić information content (AvgIpc) is 2.18. The molecule has 0 bridgehead atoms. The Balaban J connectivity index is 3.33. The van der Waals surface area contributed by atoms with Crippen molar-refractivity contribution in [3.63, 3.8) is 0 Å². The van der Waals surface area contributed by atoms with Crippen LogP contribution in [0.4, 0.5) is 13.2 Å². The molecule has 0 aliphatic heterocycles. The Morgan fingerprint density at radius 1 is 1.50 bits per heavy atom. The third-order valence-electron chi connectivity index (χ3n) is 2.03. The zero-order valence-electron chi connectivity index (χ0n) is 9.21. The second kappa shape index (κ2) is 4.96. The van der Waals surface area contributed by atoms with E-state index in [1.165, 1.54) is 13.0 Å².